The van der Waals surface area contributed by atoms with Crippen LogP contribution in [-0.4, -0.2) is 62.3 Å². The largest absolute Gasteiger partial charge is 0.381 e. The van der Waals surface area contributed by atoms with E-state index in [1.54, 1.807) is 0 Å². The zero-order chi connectivity index (χ0) is 16.6. The highest BCUT2D eigenvalue weighted by Gasteiger charge is 2.30. The normalized spacial score (nSPS) is 26.2. The lowest BCUT2D eigenvalue weighted by atomic mass is 10.2. The molecular formula is C19H36N4O. The van der Waals surface area contributed by atoms with E-state index in [9.17, 15) is 0 Å². The summed E-state index contributed by atoms with van der Waals surface area (Å²) in [5, 5.41) is 7.04. The van der Waals surface area contributed by atoms with Crippen LogP contribution in [0.1, 0.15) is 58.3 Å². The molecule has 5 nitrogen and oxygen atoms in total. The first-order chi connectivity index (χ1) is 11.8. The molecule has 24 heavy (non-hydrogen) atoms. The predicted octanol–water partition coefficient (Wildman–Crippen LogP) is 2.38. The fraction of sp³-hybridized carbons (Fsp3) is 0.947. The smallest absolute Gasteiger partial charge is 0.191 e. The second kappa shape index (κ2) is 9.62. The molecule has 0 aromatic rings. The van der Waals surface area contributed by atoms with Gasteiger partial charge in [-0.2, -0.15) is 0 Å². The van der Waals surface area contributed by atoms with Crippen molar-refractivity contribution in [1.82, 2.24) is 15.5 Å². The average molecular weight is 337 g/mol. The molecule has 0 amide bonds. The zero-order valence-corrected chi connectivity index (χ0v) is 15.4. The van der Waals surface area contributed by atoms with E-state index >= 15 is 0 Å². The summed E-state index contributed by atoms with van der Waals surface area (Å²) >= 11 is 0. The number of nitrogens with zero attached hydrogens (tertiary/aromatic N) is 2. The Balaban J connectivity index is 1.34. The third kappa shape index (κ3) is 5.92. The highest BCUT2D eigenvalue weighted by molar-refractivity contribution is 5.80. The molecule has 1 heterocycles. The summed E-state index contributed by atoms with van der Waals surface area (Å²) in [6.45, 7) is 8.13. The molecule has 1 atom stereocenters. The number of aliphatic imine (C=N–C) groups is 1. The third-order valence-corrected chi connectivity index (χ3v) is 5.51. The van der Waals surface area contributed by atoms with Crippen molar-refractivity contribution < 1.29 is 4.74 Å². The topological polar surface area (TPSA) is 48.9 Å². The van der Waals surface area contributed by atoms with Gasteiger partial charge in [-0.1, -0.05) is 12.8 Å². The average Bonchev–Trinajstić information content (AvgIpc) is 3.06. The molecule has 0 aromatic heterocycles. The fourth-order valence-electron chi connectivity index (χ4n) is 3.91. The molecule has 0 radical (unpaired) electrons. The lowest BCUT2D eigenvalue weighted by Gasteiger charge is -2.24. The molecule has 1 aliphatic heterocycles. The molecule has 0 spiro atoms. The molecule has 138 valence electrons. The zero-order valence-electron chi connectivity index (χ0n) is 15.4. The maximum absolute atomic E-state index is 5.69. The van der Waals surface area contributed by atoms with E-state index in [-0.39, 0.29) is 0 Å². The maximum Gasteiger partial charge on any atom is 0.191 e. The number of nitrogens with one attached hydrogen (secondary N) is 2. The fourth-order valence-corrected chi connectivity index (χ4v) is 3.91. The van der Waals surface area contributed by atoms with Crippen LogP contribution < -0.4 is 10.6 Å². The van der Waals surface area contributed by atoms with Crippen LogP contribution >= 0.6 is 0 Å². The van der Waals surface area contributed by atoms with Crippen LogP contribution in [0, 0.1) is 5.92 Å². The van der Waals surface area contributed by atoms with Crippen molar-refractivity contribution >= 4 is 5.96 Å². The van der Waals surface area contributed by atoms with E-state index in [0.29, 0.717) is 6.04 Å². The van der Waals surface area contributed by atoms with Gasteiger partial charge in [-0.15, -0.1) is 0 Å². The summed E-state index contributed by atoms with van der Waals surface area (Å²) in [6, 6.07) is 1.40. The minimum atomic E-state index is 0.550. The Morgan fingerprint density at radius 3 is 2.75 bits per heavy atom. The molecule has 3 rings (SSSR count). The molecule has 3 aliphatic rings. The van der Waals surface area contributed by atoms with Crippen molar-refractivity contribution in [3.8, 4) is 0 Å². The molecule has 2 aliphatic carbocycles. The van der Waals surface area contributed by atoms with Gasteiger partial charge in [0.15, 0.2) is 5.96 Å². The van der Waals surface area contributed by atoms with E-state index in [1.165, 1.54) is 58.0 Å². The van der Waals surface area contributed by atoms with Gasteiger partial charge < -0.3 is 15.4 Å². The number of ether oxygens (including phenoxy) is 1. The van der Waals surface area contributed by atoms with Gasteiger partial charge in [0.2, 0.25) is 0 Å². The van der Waals surface area contributed by atoms with Crippen molar-refractivity contribution in [1.29, 1.82) is 0 Å². The van der Waals surface area contributed by atoms with Crippen molar-refractivity contribution in [3.05, 3.63) is 0 Å². The first-order valence-corrected chi connectivity index (χ1v) is 10.2. The van der Waals surface area contributed by atoms with Gasteiger partial charge in [0.1, 0.15) is 0 Å². The number of hydrogen-bond acceptors (Lipinski definition) is 3. The standard InChI is InChI=1S/C19H36N4O/c1-2-20-19(21-11-5-13-24-15-16-8-9-16)22-17-10-12-23(14-17)18-6-3-4-7-18/h16-18H,2-15H2,1H3,(H2,20,21,22). The van der Waals surface area contributed by atoms with Crippen LogP contribution in [-0.2, 0) is 4.74 Å². The molecule has 1 unspecified atom stereocenters. The van der Waals surface area contributed by atoms with Crippen LogP contribution in [0.3, 0.4) is 0 Å². The molecule has 0 bridgehead atoms. The molecule has 0 aromatic carbocycles. The summed E-state index contributed by atoms with van der Waals surface area (Å²) in [5.41, 5.74) is 0. The van der Waals surface area contributed by atoms with Crippen molar-refractivity contribution in [3.63, 3.8) is 0 Å². The second-order valence-electron chi connectivity index (χ2n) is 7.70. The van der Waals surface area contributed by atoms with E-state index < -0.39 is 0 Å². The Labute approximate surface area is 147 Å². The monoisotopic (exact) mass is 336 g/mol. The Bertz CT molecular complexity index is 391. The SMILES string of the molecule is CCNC(=NCCCOCC1CC1)NC1CCN(C2CCCC2)C1. The minimum Gasteiger partial charge on any atom is -0.381 e. The Kier molecular flexibility index (Phi) is 7.21. The van der Waals surface area contributed by atoms with Gasteiger partial charge >= 0.3 is 0 Å². The second-order valence-corrected chi connectivity index (χ2v) is 7.70. The van der Waals surface area contributed by atoms with Crippen molar-refractivity contribution in [2.45, 2.75) is 70.4 Å². The minimum absolute atomic E-state index is 0.550. The first-order valence-electron chi connectivity index (χ1n) is 10.2. The van der Waals surface area contributed by atoms with Gasteiger partial charge in [-0.25, -0.2) is 0 Å². The van der Waals surface area contributed by atoms with Crippen molar-refractivity contribution in [2.24, 2.45) is 10.9 Å². The summed E-state index contributed by atoms with van der Waals surface area (Å²) in [5.74, 6) is 1.84. The van der Waals surface area contributed by atoms with Crippen LogP contribution in [0.2, 0.25) is 0 Å². The highest BCUT2D eigenvalue weighted by Crippen LogP contribution is 2.28. The molecular weight excluding hydrogens is 300 g/mol. The Hall–Kier alpha value is -0.810. The van der Waals surface area contributed by atoms with Gasteiger partial charge in [0.25, 0.3) is 0 Å². The predicted molar refractivity (Wildman–Crippen MR) is 99.5 cm³/mol. The van der Waals surface area contributed by atoms with Gasteiger partial charge in [0.05, 0.1) is 0 Å². The van der Waals surface area contributed by atoms with Gasteiger partial charge in [-0.3, -0.25) is 9.89 Å². The number of rotatable bonds is 9. The molecule has 3 fully saturated rings. The van der Waals surface area contributed by atoms with Gasteiger partial charge in [-0.05, 0) is 51.4 Å². The first kappa shape index (κ1) is 18.0. The van der Waals surface area contributed by atoms with Crippen LogP contribution in [0.15, 0.2) is 4.99 Å². The summed E-state index contributed by atoms with van der Waals surface area (Å²) < 4.78 is 5.69. The highest BCUT2D eigenvalue weighted by atomic mass is 16.5. The van der Waals surface area contributed by atoms with Crippen LogP contribution in [0.4, 0.5) is 0 Å². The third-order valence-electron chi connectivity index (χ3n) is 5.51. The van der Waals surface area contributed by atoms with Crippen molar-refractivity contribution in [2.75, 3.05) is 39.4 Å². The van der Waals surface area contributed by atoms with E-state index in [0.717, 1.165) is 50.6 Å². The van der Waals surface area contributed by atoms with E-state index in [4.69, 9.17) is 9.73 Å². The summed E-state index contributed by atoms with van der Waals surface area (Å²) in [7, 11) is 0. The number of hydrogen-bond donors (Lipinski definition) is 2. The Morgan fingerprint density at radius 1 is 1.17 bits per heavy atom. The quantitative estimate of drug-likeness (QED) is 0.386. The summed E-state index contributed by atoms with van der Waals surface area (Å²) in [4.78, 5) is 7.42. The number of likely N-dealkylation sites (tertiary alicyclic amines) is 1. The lowest BCUT2D eigenvalue weighted by Crippen LogP contribution is -2.45. The van der Waals surface area contributed by atoms with E-state index in [2.05, 4.69) is 22.5 Å². The lowest BCUT2D eigenvalue weighted by molar-refractivity contribution is 0.123. The van der Waals surface area contributed by atoms with E-state index in [1.807, 2.05) is 0 Å². The molecule has 5 heteroatoms. The van der Waals surface area contributed by atoms with Crippen LogP contribution in [0.25, 0.3) is 0 Å². The summed E-state index contributed by atoms with van der Waals surface area (Å²) in [6.07, 6.45) is 10.6. The maximum atomic E-state index is 5.69. The molecule has 1 saturated heterocycles. The Morgan fingerprint density at radius 2 is 2.00 bits per heavy atom. The van der Waals surface area contributed by atoms with Crippen LogP contribution in [0.5, 0.6) is 0 Å². The number of guanidine groups is 1. The molecule has 2 saturated carbocycles. The van der Waals surface area contributed by atoms with Gasteiger partial charge in [0, 0.05) is 51.5 Å². The molecule has 2 N–H and O–H groups in total.